The maximum Gasteiger partial charge on any atom is 0.420 e. The van der Waals surface area contributed by atoms with Crippen LogP contribution in [0.2, 0.25) is 0 Å². The highest BCUT2D eigenvalue weighted by molar-refractivity contribution is 5.89. The molecule has 0 saturated carbocycles. The van der Waals surface area contributed by atoms with Gasteiger partial charge in [-0.3, -0.25) is 9.36 Å². The number of amides is 1. The number of hydrogen-bond acceptors (Lipinski definition) is 7. The van der Waals surface area contributed by atoms with E-state index in [1.807, 2.05) is 19.1 Å². The molecule has 1 atom stereocenters. The van der Waals surface area contributed by atoms with E-state index in [-0.39, 0.29) is 18.3 Å². The highest BCUT2D eigenvalue weighted by Crippen LogP contribution is 2.16. The second-order valence-electron chi connectivity index (χ2n) is 8.28. The van der Waals surface area contributed by atoms with Crippen molar-refractivity contribution >= 4 is 17.0 Å². The smallest absolute Gasteiger partial charge is 0.408 e. The SMILES string of the molecule is Cc1ccc2oc(=O)n(Cc3noc(C(=O)NCC[C@@H](C)N4CCCCCC4)n3)c2c1. The van der Waals surface area contributed by atoms with Crippen LogP contribution in [0.4, 0.5) is 0 Å². The molecule has 3 heterocycles. The first-order valence-corrected chi connectivity index (χ1v) is 11.0. The number of benzene rings is 1. The Kier molecular flexibility index (Phi) is 6.50. The Morgan fingerprint density at radius 1 is 1.23 bits per heavy atom. The number of hydrogen-bond donors (Lipinski definition) is 1. The average Bonchev–Trinajstić information content (AvgIpc) is 3.22. The van der Waals surface area contributed by atoms with Crippen LogP contribution in [0.1, 0.15) is 61.1 Å². The summed E-state index contributed by atoms with van der Waals surface area (Å²) >= 11 is 0. The zero-order chi connectivity index (χ0) is 21.8. The van der Waals surface area contributed by atoms with Gasteiger partial charge in [-0.05, 0) is 63.9 Å². The fourth-order valence-corrected chi connectivity index (χ4v) is 4.06. The van der Waals surface area contributed by atoms with E-state index in [9.17, 15) is 9.59 Å². The summed E-state index contributed by atoms with van der Waals surface area (Å²) in [6.45, 7) is 7.01. The lowest BCUT2D eigenvalue weighted by atomic mass is 10.2. The molecule has 1 amide bonds. The highest BCUT2D eigenvalue weighted by atomic mass is 16.5. The Hall–Kier alpha value is -2.94. The predicted molar refractivity (Wildman–Crippen MR) is 115 cm³/mol. The molecule has 0 bridgehead atoms. The highest BCUT2D eigenvalue weighted by Gasteiger charge is 2.19. The van der Waals surface area contributed by atoms with Crippen LogP contribution < -0.4 is 11.1 Å². The number of rotatable bonds is 7. The van der Waals surface area contributed by atoms with Crippen molar-refractivity contribution in [2.75, 3.05) is 19.6 Å². The third-order valence-corrected chi connectivity index (χ3v) is 5.90. The number of likely N-dealkylation sites (tertiary alicyclic amines) is 1. The number of aryl methyl sites for hydroxylation is 1. The van der Waals surface area contributed by atoms with E-state index < -0.39 is 11.7 Å². The van der Waals surface area contributed by atoms with Crippen molar-refractivity contribution in [3.8, 4) is 0 Å². The molecule has 9 nitrogen and oxygen atoms in total. The van der Waals surface area contributed by atoms with Crippen LogP contribution in [0.5, 0.6) is 0 Å². The molecule has 3 aromatic rings. The van der Waals surface area contributed by atoms with Gasteiger partial charge in [0, 0.05) is 12.6 Å². The molecule has 2 aromatic heterocycles. The maximum atomic E-state index is 12.4. The lowest BCUT2D eigenvalue weighted by Crippen LogP contribution is -2.37. The van der Waals surface area contributed by atoms with Crippen molar-refractivity contribution in [1.29, 1.82) is 0 Å². The van der Waals surface area contributed by atoms with Gasteiger partial charge < -0.3 is 19.2 Å². The summed E-state index contributed by atoms with van der Waals surface area (Å²) in [7, 11) is 0. The first kappa shape index (κ1) is 21.3. The number of nitrogens with one attached hydrogen (secondary N) is 1. The Balaban J connectivity index is 1.33. The van der Waals surface area contributed by atoms with E-state index >= 15 is 0 Å². The van der Waals surface area contributed by atoms with E-state index in [1.165, 1.54) is 30.3 Å². The summed E-state index contributed by atoms with van der Waals surface area (Å²) in [6, 6.07) is 5.91. The van der Waals surface area contributed by atoms with Crippen molar-refractivity contribution in [3.05, 3.63) is 46.0 Å². The third-order valence-electron chi connectivity index (χ3n) is 5.90. The van der Waals surface area contributed by atoms with Crippen LogP contribution in [-0.4, -0.2) is 51.2 Å². The molecule has 1 aliphatic rings. The normalized spacial score (nSPS) is 16.3. The molecule has 9 heteroatoms. The molecular formula is C22H29N5O4. The molecule has 1 aromatic carbocycles. The largest absolute Gasteiger partial charge is 0.420 e. The topological polar surface area (TPSA) is 106 Å². The number of carbonyl (C=O) groups is 1. The zero-order valence-corrected chi connectivity index (χ0v) is 18.1. The van der Waals surface area contributed by atoms with Gasteiger partial charge in [0.05, 0.1) is 12.1 Å². The second-order valence-corrected chi connectivity index (χ2v) is 8.28. The Morgan fingerprint density at radius 3 is 2.77 bits per heavy atom. The molecule has 1 N–H and O–H groups in total. The lowest BCUT2D eigenvalue weighted by Gasteiger charge is -2.27. The summed E-state index contributed by atoms with van der Waals surface area (Å²) in [5.74, 6) is -0.759. The molecule has 166 valence electrons. The molecule has 1 aliphatic heterocycles. The van der Waals surface area contributed by atoms with Gasteiger partial charge in [0.2, 0.25) is 0 Å². The fourth-order valence-electron chi connectivity index (χ4n) is 4.06. The van der Waals surface area contributed by atoms with E-state index in [2.05, 4.69) is 27.3 Å². The molecule has 0 radical (unpaired) electrons. The van der Waals surface area contributed by atoms with Crippen LogP contribution in [0.3, 0.4) is 0 Å². The first-order chi connectivity index (χ1) is 15.0. The Bertz CT molecular complexity index is 1090. The minimum Gasteiger partial charge on any atom is -0.408 e. The predicted octanol–water partition coefficient (Wildman–Crippen LogP) is 2.72. The van der Waals surface area contributed by atoms with Crippen molar-refractivity contribution in [1.82, 2.24) is 24.9 Å². The van der Waals surface area contributed by atoms with Crippen LogP contribution in [0.25, 0.3) is 11.1 Å². The number of nitrogens with zero attached hydrogens (tertiary/aromatic N) is 4. The monoisotopic (exact) mass is 427 g/mol. The van der Waals surface area contributed by atoms with Crippen LogP contribution in [0, 0.1) is 6.92 Å². The summed E-state index contributed by atoms with van der Waals surface area (Å²) < 4.78 is 11.8. The molecule has 1 saturated heterocycles. The standard InChI is InChI=1S/C22H29N5O4/c1-15-7-8-18-17(13-15)27(22(29)30-18)14-19-24-21(31-25-19)20(28)23-10-9-16(2)26-11-5-3-4-6-12-26/h7-8,13,16H,3-6,9-12,14H2,1-2H3,(H,23,28)/t16-/m1/s1. The maximum absolute atomic E-state index is 12.4. The van der Waals surface area contributed by atoms with Crippen molar-refractivity contribution < 1.29 is 13.7 Å². The van der Waals surface area contributed by atoms with E-state index in [4.69, 9.17) is 8.94 Å². The van der Waals surface area contributed by atoms with E-state index in [0.29, 0.717) is 23.7 Å². The van der Waals surface area contributed by atoms with Gasteiger partial charge in [0.15, 0.2) is 11.4 Å². The van der Waals surface area contributed by atoms with Gasteiger partial charge in [-0.2, -0.15) is 4.98 Å². The molecular weight excluding hydrogens is 398 g/mol. The van der Waals surface area contributed by atoms with Crippen molar-refractivity contribution in [2.45, 2.75) is 58.5 Å². The molecule has 1 fully saturated rings. The summed E-state index contributed by atoms with van der Waals surface area (Å²) in [5, 5.41) is 6.71. The Morgan fingerprint density at radius 2 is 2.00 bits per heavy atom. The van der Waals surface area contributed by atoms with Gasteiger partial charge in [-0.25, -0.2) is 4.79 Å². The number of fused-ring (bicyclic) bond motifs is 1. The lowest BCUT2D eigenvalue weighted by molar-refractivity contribution is 0.0904. The van der Waals surface area contributed by atoms with Crippen LogP contribution in [-0.2, 0) is 6.54 Å². The summed E-state index contributed by atoms with van der Waals surface area (Å²) in [5.41, 5.74) is 2.16. The van der Waals surface area contributed by atoms with Gasteiger partial charge in [-0.15, -0.1) is 0 Å². The summed E-state index contributed by atoms with van der Waals surface area (Å²) in [4.78, 5) is 31.2. The van der Waals surface area contributed by atoms with Crippen molar-refractivity contribution in [3.63, 3.8) is 0 Å². The van der Waals surface area contributed by atoms with Crippen LogP contribution in [0.15, 0.2) is 31.9 Å². The zero-order valence-electron chi connectivity index (χ0n) is 18.1. The second kappa shape index (κ2) is 9.47. The molecule has 0 aliphatic carbocycles. The van der Waals surface area contributed by atoms with Gasteiger partial charge in [0.25, 0.3) is 0 Å². The Labute approximate surface area is 180 Å². The quantitative estimate of drug-likeness (QED) is 0.618. The van der Waals surface area contributed by atoms with E-state index in [1.54, 1.807) is 6.07 Å². The number of oxazole rings is 1. The number of carbonyl (C=O) groups excluding carboxylic acids is 1. The summed E-state index contributed by atoms with van der Waals surface area (Å²) in [6.07, 6.45) is 5.97. The average molecular weight is 428 g/mol. The van der Waals surface area contributed by atoms with Gasteiger partial charge in [-0.1, -0.05) is 24.1 Å². The first-order valence-electron chi connectivity index (χ1n) is 11.0. The molecule has 31 heavy (non-hydrogen) atoms. The van der Waals surface area contributed by atoms with Gasteiger partial charge in [0.1, 0.15) is 0 Å². The molecule has 0 unspecified atom stereocenters. The minimum atomic E-state index is -0.501. The number of aromatic nitrogens is 3. The van der Waals surface area contributed by atoms with E-state index in [0.717, 1.165) is 25.1 Å². The third kappa shape index (κ3) is 5.04. The fraction of sp³-hybridized carbons (Fsp3) is 0.545. The van der Waals surface area contributed by atoms with Crippen LogP contribution >= 0.6 is 0 Å². The minimum absolute atomic E-state index is 0.0675. The molecule has 4 rings (SSSR count). The molecule has 0 spiro atoms. The van der Waals surface area contributed by atoms with Crippen molar-refractivity contribution in [2.24, 2.45) is 0 Å². The van der Waals surface area contributed by atoms with Gasteiger partial charge >= 0.3 is 17.6 Å².